The predicted octanol–water partition coefficient (Wildman–Crippen LogP) is 3.62. The highest BCUT2D eigenvalue weighted by Crippen LogP contribution is 2.32. The van der Waals surface area contributed by atoms with Crippen LogP contribution in [0.2, 0.25) is 0 Å². The molecular formula is C16H20F3N5. The van der Waals surface area contributed by atoms with E-state index < -0.39 is 11.9 Å². The number of hydrogen-bond acceptors (Lipinski definition) is 4. The van der Waals surface area contributed by atoms with Crippen molar-refractivity contribution in [2.24, 2.45) is 5.92 Å². The highest BCUT2D eigenvalue weighted by atomic mass is 19.4. The van der Waals surface area contributed by atoms with Gasteiger partial charge in [0, 0.05) is 31.4 Å². The lowest BCUT2D eigenvalue weighted by Crippen LogP contribution is -2.36. The van der Waals surface area contributed by atoms with Crippen LogP contribution < -0.4 is 4.90 Å². The molecular weight excluding hydrogens is 319 g/mol. The molecule has 2 aromatic rings. The molecule has 1 aliphatic heterocycles. The van der Waals surface area contributed by atoms with Crippen LogP contribution in [0, 0.1) is 5.92 Å². The number of piperidine rings is 1. The molecule has 0 saturated carbocycles. The Bertz CT molecular complexity index is 710. The van der Waals surface area contributed by atoms with Gasteiger partial charge in [-0.2, -0.15) is 18.3 Å². The zero-order valence-corrected chi connectivity index (χ0v) is 13.7. The van der Waals surface area contributed by atoms with Crippen molar-refractivity contribution in [3.05, 3.63) is 24.2 Å². The lowest BCUT2D eigenvalue weighted by molar-refractivity contribution is -0.141. The summed E-state index contributed by atoms with van der Waals surface area (Å²) in [7, 11) is 0. The van der Waals surface area contributed by atoms with Gasteiger partial charge in [-0.15, -0.1) is 0 Å². The lowest BCUT2D eigenvalue weighted by atomic mass is 10.0. The van der Waals surface area contributed by atoms with E-state index in [-0.39, 0.29) is 11.6 Å². The van der Waals surface area contributed by atoms with Gasteiger partial charge < -0.3 is 4.90 Å². The van der Waals surface area contributed by atoms with Crippen molar-refractivity contribution < 1.29 is 13.2 Å². The van der Waals surface area contributed by atoms with Gasteiger partial charge in [0.15, 0.2) is 5.69 Å². The number of aromatic nitrogens is 4. The summed E-state index contributed by atoms with van der Waals surface area (Å²) in [6.07, 6.45) is 0.740. The monoisotopic (exact) mass is 339 g/mol. The normalized spacial score (nSPS) is 18.9. The van der Waals surface area contributed by atoms with Gasteiger partial charge in [0.2, 0.25) is 5.95 Å². The molecule has 1 atom stereocenters. The van der Waals surface area contributed by atoms with Crippen molar-refractivity contribution in [3.63, 3.8) is 0 Å². The molecule has 0 amide bonds. The molecule has 5 nitrogen and oxygen atoms in total. The molecule has 0 aromatic carbocycles. The van der Waals surface area contributed by atoms with E-state index in [1.807, 2.05) is 11.8 Å². The summed E-state index contributed by atoms with van der Waals surface area (Å²) in [6, 6.07) is 0.994. The van der Waals surface area contributed by atoms with Gasteiger partial charge in [0.05, 0.1) is 11.9 Å². The molecule has 130 valence electrons. The Morgan fingerprint density at radius 2 is 2.08 bits per heavy atom. The van der Waals surface area contributed by atoms with E-state index in [9.17, 15) is 13.2 Å². The van der Waals surface area contributed by atoms with Crippen LogP contribution in [0.15, 0.2) is 18.5 Å². The number of alkyl halides is 3. The first-order chi connectivity index (χ1) is 11.4. The van der Waals surface area contributed by atoms with Crippen LogP contribution in [0.1, 0.15) is 32.4 Å². The van der Waals surface area contributed by atoms with E-state index in [2.05, 4.69) is 22.0 Å². The Labute approximate surface area is 138 Å². The first kappa shape index (κ1) is 16.7. The fraction of sp³-hybridized carbons (Fsp3) is 0.562. The van der Waals surface area contributed by atoms with Gasteiger partial charge in [0.1, 0.15) is 0 Å². The van der Waals surface area contributed by atoms with Gasteiger partial charge >= 0.3 is 6.18 Å². The molecule has 8 heteroatoms. The Morgan fingerprint density at radius 3 is 2.71 bits per heavy atom. The second-order valence-corrected chi connectivity index (χ2v) is 6.21. The molecule has 1 aliphatic rings. The zero-order chi connectivity index (χ0) is 17.3. The average molecular weight is 339 g/mol. The molecule has 1 saturated heterocycles. The topological polar surface area (TPSA) is 46.8 Å². The Hall–Kier alpha value is -2.12. The van der Waals surface area contributed by atoms with Crippen LogP contribution in [0.3, 0.4) is 0 Å². The summed E-state index contributed by atoms with van der Waals surface area (Å²) in [5.74, 6) is 0.568. The Kier molecular flexibility index (Phi) is 4.47. The molecule has 1 fully saturated rings. The van der Waals surface area contributed by atoms with Crippen LogP contribution in [0.4, 0.5) is 19.1 Å². The van der Waals surface area contributed by atoms with E-state index in [4.69, 9.17) is 0 Å². The van der Waals surface area contributed by atoms with Crippen molar-refractivity contribution in [1.82, 2.24) is 19.7 Å². The minimum absolute atomic E-state index is 0.149. The van der Waals surface area contributed by atoms with E-state index in [0.29, 0.717) is 31.1 Å². The summed E-state index contributed by atoms with van der Waals surface area (Å²) in [4.78, 5) is 10.0. The SMILES string of the molecule is CCn1cc(-c2cc(C(F)(F)F)nc(N3CCC[C@@H](C)C3)n2)cn1. The van der Waals surface area contributed by atoms with E-state index in [1.54, 1.807) is 10.9 Å². The van der Waals surface area contributed by atoms with Crippen molar-refractivity contribution in [2.75, 3.05) is 18.0 Å². The third-order valence-electron chi connectivity index (χ3n) is 4.20. The standard InChI is InChI=1S/C16H20F3N5/c1-3-24-10-12(8-20-24)13-7-14(16(17,18)19)22-15(21-13)23-6-4-5-11(2)9-23/h7-8,10-11H,3-6,9H2,1-2H3/t11-/m1/s1. The van der Waals surface area contributed by atoms with Crippen LogP contribution >= 0.6 is 0 Å². The molecule has 0 unspecified atom stereocenters. The molecule has 0 N–H and O–H groups in total. The van der Waals surface area contributed by atoms with Crippen molar-refractivity contribution >= 4 is 5.95 Å². The van der Waals surface area contributed by atoms with Crippen molar-refractivity contribution in [3.8, 4) is 11.3 Å². The maximum atomic E-state index is 13.2. The van der Waals surface area contributed by atoms with Gasteiger partial charge in [-0.3, -0.25) is 4.68 Å². The first-order valence-corrected chi connectivity index (χ1v) is 8.11. The minimum Gasteiger partial charge on any atom is -0.341 e. The molecule has 2 aromatic heterocycles. The highest BCUT2D eigenvalue weighted by molar-refractivity contribution is 5.59. The fourth-order valence-corrected chi connectivity index (χ4v) is 2.91. The number of nitrogens with zero attached hydrogens (tertiary/aromatic N) is 5. The summed E-state index contributed by atoms with van der Waals surface area (Å²) < 4.78 is 41.4. The van der Waals surface area contributed by atoms with Crippen LogP contribution in [0.25, 0.3) is 11.3 Å². The minimum atomic E-state index is -4.51. The summed E-state index contributed by atoms with van der Waals surface area (Å²) in [6.45, 7) is 6.01. The van der Waals surface area contributed by atoms with E-state index >= 15 is 0 Å². The van der Waals surface area contributed by atoms with Crippen LogP contribution in [0.5, 0.6) is 0 Å². The van der Waals surface area contributed by atoms with E-state index in [0.717, 1.165) is 18.9 Å². The largest absolute Gasteiger partial charge is 0.433 e. The van der Waals surface area contributed by atoms with Gasteiger partial charge in [-0.1, -0.05) is 6.92 Å². The van der Waals surface area contributed by atoms with Crippen molar-refractivity contribution in [1.29, 1.82) is 0 Å². The highest BCUT2D eigenvalue weighted by Gasteiger charge is 2.34. The average Bonchev–Trinajstić information content (AvgIpc) is 3.03. The smallest absolute Gasteiger partial charge is 0.341 e. The van der Waals surface area contributed by atoms with Gasteiger partial charge in [-0.05, 0) is 31.7 Å². The zero-order valence-electron chi connectivity index (χ0n) is 13.7. The summed E-state index contributed by atoms with van der Waals surface area (Å²) in [5.41, 5.74) is -0.0914. The third kappa shape index (κ3) is 3.52. The molecule has 24 heavy (non-hydrogen) atoms. The van der Waals surface area contributed by atoms with Gasteiger partial charge in [-0.25, -0.2) is 9.97 Å². The van der Waals surface area contributed by atoms with Crippen molar-refractivity contribution in [2.45, 2.75) is 39.4 Å². The van der Waals surface area contributed by atoms with E-state index in [1.165, 1.54) is 6.20 Å². The molecule has 0 spiro atoms. The fourth-order valence-electron chi connectivity index (χ4n) is 2.91. The second kappa shape index (κ2) is 6.41. The maximum absolute atomic E-state index is 13.2. The molecule has 0 radical (unpaired) electrons. The first-order valence-electron chi connectivity index (χ1n) is 8.11. The quantitative estimate of drug-likeness (QED) is 0.857. The number of aryl methyl sites for hydroxylation is 1. The molecule has 3 heterocycles. The maximum Gasteiger partial charge on any atom is 0.433 e. The van der Waals surface area contributed by atoms with Gasteiger partial charge in [0.25, 0.3) is 0 Å². The number of hydrogen-bond donors (Lipinski definition) is 0. The molecule has 3 rings (SSSR count). The second-order valence-electron chi connectivity index (χ2n) is 6.21. The predicted molar refractivity (Wildman–Crippen MR) is 84.5 cm³/mol. The molecule has 0 aliphatic carbocycles. The van der Waals surface area contributed by atoms with Crippen LogP contribution in [-0.4, -0.2) is 32.8 Å². The number of anilines is 1. The third-order valence-corrected chi connectivity index (χ3v) is 4.20. The number of rotatable bonds is 3. The summed E-state index contributed by atoms with van der Waals surface area (Å²) in [5, 5.41) is 4.12. The lowest BCUT2D eigenvalue weighted by Gasteiger charge is -2.31. The number of halogens is 3. The molecule has 0 bridgehead atoms. The Morgan fingerprint density at radius 1 is 1.29 bits per heavy atom. The van der Waals surface area contributed by atoms with Crippen LogP contribution in [-0.2, 0) is 12.7 Å². The Balaban J connectivity index is 2.03. The summed E-state index contributed by atoms with van der Waals surface area (Å²) >= 11 is 0.